The van der Waals surface area contributed by atoms with E-state index in [0.29, 0.717) is 12.5 Å². The van der Waals surface area contributed by atoms with Gasteiger partial charge in [0.2, 0.25) is 11.8 Å². The Kier molecular flexibility index (Phi) is 3.52. The maximum atomic E-state index is 12.4. The second kappa shape index (κ2) is 5.02. The molecule has 2 amide bonds. The molecule has 3 nitrogen and oxygen atoms in total. The Bertz CT molecular complexity index is 503. The molecule has 102 valence electrons. The maximum Gasteiger partial charge on any atom is 0.233 e. The van der Waals surface area contributed by atoms with E-state index in [-0.39, 0.29) is 23.7 Å². The van der Waals surface area contributed by atoms with Gasteiger partial charge in [0.1, 0.15) is 0 Å². The molecular weight excluding hydrogens is 326 g/mol. The zero-order chi connectivity index (χ0) is 13.6. The molecule has 1 aromatic heterocycles. The number of rotatable bonds is 3. The summed E-state index contributed by atoms with van der Waals surface area (Å²) in [7, 11) is 0. The third-order valence-electron chi connectivity index (χ3n) is 4.40. The number of imide groups is 1. The van der Waals surface area contributed by atoms with Gasteiger partial charge in [0, 0.05) is 9.35 Å². The number of carbonyl (C=O) groups excluding carboxylic acids is 2. The number of likely N-dealkylation sites (tertiary alicyclic amines) is 1. The van der Waals surface area contributed by atoms with Crippen LogP contribution in [0.25, 0.3) is 0 Å². The van der Waals surface area contributed by atoms with Crippen molar-refractivity contribution in [1.82, 2.24) is 4.90 Å². The molecule has 0 bridgehead atoms. The Morgan fingerprint density at radius 2 is 1.95 bits per heavy atom. The summed E-state index contributed by atoms with van der Waals surface area (Å²) in [6, 6.07) is 1.96. The second-order valence-electron chi connectivity index (χ2n) is 5.41. The average Bonchev–Trinajstić information content (AvgIpc) is 3.05. The normalized spacial score (nSPS) is 30.2. The van der Waals surface area contributed by atoms with E-state index in [4.69, 9.17) is 0 Å². The van der Waals surface area contributed by atoms with Crippen LogP contribution in [0.4, 0.5) is 0 Å². The molecule has 0 radical (unpaired) electrons. The van der Waals surface area contributed by atoms with Crippen LogP contribution in [0.2, 0.25) is 0 Å². The summed E-state index contributed by atoms with van der Waals surface area (Å²) in [5, 5.41) is 1.97. The first-order valence-electron chi connectivity index (χ1n) is 6.69. The Morgan fingerprint density at radius 1 is 1.32 bits per heavy atom. The van der Waals surface area contributed by atoms with Gasteiger partial charge in [-0.05, 0) is 46.1 Å². The summed E-state index contributed by atoms with van der Waals surface area (Å²) in [5.41, 5.74) is 0. The fraction of sp³-hybridized carbons (Fsp3) is 0.571. The van der Waals surface area contributed by atoms with Crippen LogP contribution >= 0.6 is 27.3 Å². The molecule has 19 heavy (non-hydrogen) atoms. The van der Waals surface area contributed by atoms with Crippen LogP contribution in [0.3, 0.4) is 0 Å². The number of thiophene rings is 1. The Morgan fingerprint density at radius 3 is 2.42 bits per heavy atom. The Labute approximate surface area is 125 Å². The maximum absolute atomic E-state index is 12.4. The van der Waals surface area contributed by atoms with Crippen molar-refractivity contribution in [2.24, 2.45) is 17.8 Å². The van der Waals surface area contributed by atoms with E-state index in [9.17, 15) is 9.59 Å². The number of halogens is 1. The van der Waals surface area contributed by atoms with Crippen molar-refractivity contribution < 1.29 is 9.59 Å². The van der Waals surface area contributed by atoms with Gasteiger partial charge in [0.05, 0.1) is 18.4 Å². The zero-order valence-corrected chi connectivity index (χ0v) is 13.2. The molecule has 2 aliphatic rings. The van der Waals surface area contributed by atoms with Gasteiger partial charge in [-0.2, -0.15) is 0 Å². The predicted octanol–water partition coefficient (Wildman–Crippen LogP) is 3.43. The van der Waals surface area contributed by atoms with E-state index >= 15 is 0 Å². The standard InChI is InChI=1S/C14H16BrNO2S/c1-2-8-5-9-10(6-8)14(18)16(13(9)17)7-12-11(15)3-4-19-12/h3-4,8-10H,2,5-7H2,1H3. The molecule has 0 aromatic carbocycles. The summed E-state index contributed by atoms with van der Waals surface area (Å²) in [6.07, 6.45) is 2.87. The minimum Gasteiger partial charge on any atom is -0.277 e. The number of nitrogens with zero attached hydrogens (tertiary/aromatic N) is 1. The number of amides is 2. The molecule has 1 saturated carbocycles. The highest BCUT2D eigenvalue weighted by molar-refractivity contribution is 9.10. The van der Waals surface area contributed by atoms with Crippen LogP contribution in [-0.2, 0) is 16.1 Å². The molecule has 2 fully saturated rings. The number of fused-ring (bicyclic) bond motifs is 1. The van der Waals surface area contributed by atoms with Gasteiger partial charge in [0.15, 0.2) is 0 Å². The fourth-order valence-electron chi connectivity index (χ4n) is 3.27. The molecule has 5 heteroatoms. The SMILES string of the molecule is CCC1CC2C(=O)N(Cc3sccc3Br)C(=O)C2C1. The average molecular weight is 342 g/mol. The molecule has 2 heterocycles. The lowest BCUT2D eigenvalue weighted by Crippen LogP contribution is -2.31. The van der Waals surface area contributed by atoms with Crippen molar-refractivity contribution in [3.63, 3.8) is 0 Å². The lowest BCUT2D eigenvalue weighted by Gasteiger charge is -2.17. The van der Waals surface area contributed by atoms with Crippen molar-refractivity contribution in [3.05, 3.63) is 20.8 Å². The first kappa shape index (κ1) is 13.3. The van der Waals surface area contributed by atoms with Crippen molar-refractivity contribution >= 4 is 39.1 Å². The minimum atomic E-state index is -0.0452. The summed E-state index contributed by atoms with van der Waals surface area (Å²) >= 11 is 5.04. The summed E-state index contributed by atoms with van der Waals surface area (Å²) in [6.45, 7) is 2.57. The highest BCUT2D eigenvalue weighted by atomic mass is 79.9. The largest absolute Gasteiger partial charge is 0.277 e. The smallest absolute Gasteiger partial charge is 0.233 e. The first-order valence-corrected chi connectivity index (χ1v) is 8.36. The van der Waals surface area contributed by atoms with Crippen LogP contribution in [-0.4, -0.2) is 16.7 Å². The van der Waals surface area contributed by atoms with E-state index in [1.807, 2.05) is 11.4 Å². The van der Waals surface area contributed by atoms with Gasteiger partial charge in [0.25, 0.3) is 0 Å². The molecule has 3 rings (SSSR count). The van der Waals surface area contributed by atoms with E-state index in [1.165, 1.54) is 4.90 Å². The lowest BCUT2D eigenvalue weighted by molar-refractivity contribution is -0.141. The third-order valence-corrected chi connectivity index (χ3v) is 6.31. The first-order chi connectivity index (χ1) is 9.11. The molecule has 0 N–H and O–H groups in total. The van der Waals surface area contributed by atoms with E-state index in [1.54, 1.807) is 11.3 Å². The highest BCUT2D eigenvalue weighted by Gasteiger charge is 2.52. The Hall–Kier alpha value is -0.680. The minimum absolute atomic E-state index is 0.0452. The van der Waals surface area contributed by atoms with Crippen LogP contribution in [0.5, 0.6) is 0 Å². The van der Waals surface area contributed by atoms with Gasteiger partial charge < -0.3 is 0 Å². The van der Waals surface area contributed by atoms with E-state index < -0.39 is 0 Å². The topological polar surface area (TPSA) is 37.4 Å². The van der Waals surface area contributed by atoms with Crippen LogP contribution in [0, 0.1) is 17.8 Å². The summed E-state index contributed by atoms with van der Waals surface area (Å²) < 4.78 is 0.988. The van der Waals surface area contributed by atoms with Gasteiger partial charge in [-0.3, -0.25) is 14.5 Å². The molecular formula is C14H16BrNO2S. The second-order valence-corrected chi connectivity index (χ2v) is 7.27. The van der Waals surface area contributed by atoms with Crippen molar-refractivity contribution in [1.29, 1.82) is 0 Å². The van der Waals surface area contributed by atoms with Gasteiger partial charge in [-0.25, -0.2) is 0 Å². The number of hydrogen-bond acceptors (Lipinski definition) is 3. The molecule has 2 atom stereocenters. The third kappa shape index (κ3) is 2.17. The molecule has 1 aliphatic carbocycles. The van der Waals surface area contributed by atoms with Crippen LogP contribution in [0.15, 0.2) is 15.9 Å². The van der Waals surface area contributed by atoms with Crippen molar-refractivity contribution in [3.8, 4) is 0 Å². The lowest BCUT2D eigenvalue weighted by atomic mass is 10.00. The van der Waals surface area contributed by atoms with Crippen molar-refractivity contribution in [2.75, 3.05) is 0 Å². The monoisotopic (exact) mass is 341 g/mol. The van der Waals surface area contributed by atoms with Gasteiger partial charge >= 0.3 is 0 Å². The summed E-state index contributed by atoms with van der Waals surface area (Å²) in [5.74, 6) is 0.559. The van der Waals surface area contributed by atoms with Crippen LogP contribution in [0.1, 0.15) is 31.1 Å². The zero-order valence-electron chi connectivity index (χ0n) is 10.8. The molecule has 1 saturated heterocycles. The quantitative estimate of drug-likeness (QED) is 0.790. The highest BCUT2D eigenvalue weighted by Crippen LogP contribution is 2.45. The van der Waals surface area contributed by atoms with Gasteiger partial charge in [-0.1, -0.05) is 13.3 Å². The number of carbonyl (C=O) groups is 2. The number of hydrogen-bond donors (Lipinski definition) is 0. The fourth-order valence-corrected chi connectivity index (χ4v) is 4.73. The van der Waals surface area contributed by atoms with E-state index in [0.717, 1.165) is 28.6 Å². The Balaban J connectivity index is 1.78. The molecule has 1 aliphatic heterocycles. The molecule has 2 unspecified atom stereocenters. The van der Waals surface area contributed by atoms with Crippen molar-refractivity contribution in [2.45, 2.75) is 32.7 Å². The van der Waals surface area contributed by atoms with Crippen LogP contribution < -0.4 is 0 Å². The summed E-state index contributed by atoms with van der Waals surface area (Å²) in [4.78, 5) is 27.3. The van der Waals surface area contributed by atoms with Gasteiger partial charge in [-0.15, -0.1) is 11.3 Å². The van der Waals surface area contributed by atoms with E-state index in [2.05, 4.69) is 22.9 Å². The predicted molar refractivity (Wildman–Crippen MR) is 77.6 cm³/mol. The molecule has 1 aromatic rings. The molecule has 0 spiro atoms.